The van der Waals surface area contributed by atoms with E-state index in [4.69, 9.17) is 4.74 Å². The van der Waals surface area contributed by atoms with Crippen LogP contribution in [0.1, 0.15) is 13.3 Å². The van der Waals surface area contributed by atoms with Crippen LogP contribution in [-0.2, 0) is 4.74 Å². The van der Waals surface area contributed by atoms with Gasteiger partial charge in [-0.3, -0.25) is 0 Å². The predicted octanol–water partition coefficient (Wildman–Crippen LogP) is 2.01. The van der Waals surface area contributed by atoms with Gasteiger partial charge in [-0.15, -0.1) is 0 Å². The lowest BCUT2D eigenvalue weighted by atomic mass is 10.2. The molecule has 0 aliphatic heterocycles. The molecule has 4 heteroatoms. The molecule has 1 unspecified atom stereocenters. The summed E-state index contributed by atoms with van der Waals surface area (Å²) in [5, 5.41) is 0. The van der Waals surface area contributed by atoms with Crippen LogP contribution in [0.2, 0.25) is 0 Å². The van der Waals surface area contributed by atoms with E-state index in [0.29, 0.717) is 6.04 Å². The number of nitrogens with zero attached hydrogens (tertiary/aromatic N) is 1. The molecule has 0 saturated heterocycles. The second-order valence-electron chi connectivity index (χ2n) is 3.45. The summed E-state index contributed by atoms with van der Waals surface area (Å²) in [6.07, 6.45) is 3.41. The minimum Gasteiger partial charge on any atom is -0.379 e. The quantitative estimate of drug-likeness (QED) is 0.487. The molecule has 0 fully saturated rings. The van der Waals surface area contributed by atoms with E-state index in [9.17, 15) is 0 Å². The van der Waals surface area contributed by atoms with Gasteiger partial charge in [-0.2, -0.15) is 24.4 Å². The molecule has 0 N–H and O–H groups in total. The first-order chi connectivity index (χ1) is 6.72. The highest BCUT2D eigenvalue weighted by Gasteiger charge is 2.07. The molecule has 0 heterocycles. The van der Waals surface area contributed by atoms with Crippen LogP contribution < -0.4 is 0 Å². The molecule has 0 aromatic carbocycles. The number of ether oxygens (including phenoxy) is 1. The zero-order chi connectivity index (χ0) is 10.8. The van der Waals surface area contributed by atoms with Gasteiger partial charge >= 0.3 is 0 Å². The summed E-state index contributed by atoms with van der Waals surface area (Å²) in [5.74, 6) is 2.05. The minimum absolute atomic E-state index is 0.655. The minimum atomic E-state index is 0.655. The Balaban J connectivity index is 3.36. The predicted molar refractivity (Wildman–Crippen MR) is 69.8 cm³/mol. The van der Waals surface area contributed by atoms with Crippen LogP contribution in [-0.4, -0.2) is 55.5 Å². The molecule has 86 valence electrons. The Bertz CT molecular complexity index is 125. The van der Waals surface area contributed by atoms with E-state index in [1.165, 1.54) is 12.2 Å². The van der Waals surface area contributed by atoms with E-state index in [0.717, 1.165) is 25.5 Å². The topological polar surface area (TPSA) is 12.5 Å². The molecular weight excluding hydrogens is 214 g/mol. The molecule has 0 aromatic rings. The number of thioether (sulfide) groups is 1. The van der Waals surface area contributed by atoms with Gasteiger partial charge in [-0.1, -0.05) is 0 Å². The van der Waals surface area contributed by atoms with E-state index in [1.54, 1.807) is 0 Å². The summed E-state index contributed by atoms with van der Waals surface area (Å²) in [5.41, 5.74) is 0. The smallest absolute Gasteiger partial charge is 0.0593 e. The Labute approximate surface area is 98.2 Å². The van der Waals surface area contributed by atoms with Crippen molar-refractivity contribution < 1.29 is 4.74 Å². The normalized spacial score (nSPS) is 13.5. The summed E-state index contributed by atoms with van der Waals surface area (Å²) in [7, 11) is 2.16. The van der Waals surface area contributed by atoms with Crippen molar-refractivity contribution in [1.82, 2.24) is 4.90 Å². The van der Waals surface area contributed by atoms with Crippen LogP contribution in [0.4, 0.5) is 0 Å². The number of hydrogen-bond donors (Lipinski definition) is 1. The van der Waals surface area contributed by atoms with Crippen molar-refractivity contribution in [2.24, 2.45) is 0 Å². The van der Waals surface area contributed by atoms with Crippen molar-refractivity contribution in [3.05, 3.63) is 0 Å². The highest BCUT2D eigenvalue weighted by atomic mass is 32.2. The number of hydrogen-bond acceptors (Lipinski definition) is 4. The van der Waals surface area contributed by atoms with Crippen molar-refractivity contribution in [3.8, 4) is 0 Å². The van der Waals surface area contributed by atoms with Crippen LogP contribution in [0.3, 0.4) is 0 Å². The van der Waals surface area contributed by atoms with Crippen molar-refractivity contribution in [2.45, 2.75) is 19.4 Å². The van der Waals surface area contributed by atoms with Crippen LogP contribution in [0, 0.1) is 0 Å². The van der Waals surface area contributed by atoms with Crippen molar-refractivity contribution in [1.29, 1.82) is 0 Å². The second-order valence-corrected chi connectivity index (χ2v) is 4.88. The summed E-state index contributed by atoms with van der Waals surface area (Å²) >= 11 is 6.00. The van der Waals surface area contributed by atoms with Gasteiger partial charge in [0.15, 0.2) is 0 Å². The average molecular weight is 237 g/mol. The monoisotopic (exact) mass is 237 g/mol. The van der Waals surface area contributed by atoms with Gasteiger partial charge in [-0.05, 0) is 32.4 Å². The second kappa shape index (κ2) is 10.1. The molecule has 0 amide bonds. The summed E-state index contributed by atoms with van der Waals surface area (Å²) < 4.78 is 5.38. The average Bonchev–Trinajstić information content (AvgIpc) is 2.20. The molecule has 0 aliphatic carbocycles. The van der Waals surface area contributed by atoms with Gasteiger partial charge < -0.3 is 9.64 Å². The van der Waals surface area contributed by atoms with Gasteiger partial charge in [0.2, 0.25) is 0 Å². The number of likely N-dealkylation sites (N-methyl/N-ethyl adjacent to an activating group) is 1. The lowest BCUT2D eigenvalue weighted by Crippen LogP contribution is -2.32. The SMILES string of the molecule is CSCCC(C)N(C)CCOCCS. The summed E-state index contributed by atoms with van der Waals surface area (Å²) in [4.78, 5) is 2.36. The van der Waals surface area contributed by atoms with Gasteiger partial charge in [0, 0.05) is 18.3 Å². The largest absolute Gasteiger partial charge is 0.379 e. The molecule has 0 spiro atoms. The van der Waals surface area contributed by atoms with Crippen LogP contribution >= 0.6 is 24.4 Å². The summed E-state index contributed by atoms with van der Waals surface area (Å²) in [6.45, 7) is 4.87. The number of rotatable bonds is 9. The van der Waals surface area contributed by atoms with Gasteiger partial charge in [0.05, 0.1) is 13.2 Å². The Morgan fingerprint density at radius 3 is 2.71 bits per heavy atom. The third-order valence-corrected chi connectivity index (χ3v) is 3.14. The molecule has 1 atom stereocenters. The first kappa shape index (κ1) is 14.6. The lowest BCUT2D eigenvalue weighted by Gasteiger charge is -2.24. The summed E-state index contributed by atoms with van der Waals surface area (Å²) in [6, 6.07) is 0.655. The fraction of sp³-hybridized carbons (Fsp3) is 1.00. The molecule has 0 radical (unpaired) electrons. The Morgan fingerprint density at radius 2 is 2.14 bits per heavy atom. The zero-order valence-electron chi connectivity index (χ0n) is 9.53. The standard InChI is InChI=1S/C10H23NOS2/c1-10(4-9-14-3)11(2)5-6-12-7-8-13/h10,13H,4-9H2,1-3H3. The molecule has 2 nitrogen and oxygen atoms in total. The fourth-order valence-corrected chi connectivity index (χ4v) is 1.81. The Morgan fingerprint density at radius 1 is 1.43 bits per heavy atom. The number of thiol groups is 1. The van der Waals surface area contributed by atoms with E-state index >= 15 is 0 Å². The van der Waals surface area contributed by atoms with Crippen molar-refractivity contribution >= 4 is 24.4 Å². The first-order valence-corrected chi connectivity index (χ1v) is 7.12. The lowest BCUT2D eigenvalue weighted by molar-refractivity contribution is 0.111. The van der Waals surface area contributed by atoms with Crippen molar-refractivity contribution in [2.75, 3.05) is 44.6 Å². The molecule has 0 saturated carbocycles. The molecule has 0 aromatic heterocycles. The fourth-order valence-electron chi connectivity index (χ4n) is 1.10. The van der Waals surface area contributed by atoms with Crippen LogP contribution in [0.5, 0.6) is 0 Å². The molecule has 0 aliphatic rings. The first-order valence-electron chi connectivity index (χ1n) is 5.10. The molecule has 14 heavy (non-hydrogen) atoms. The van der Waals surface area contributed by atoms with Gasteiger partial charge in [0.1, 0.15) is 0 Å². The van der Waals surface area contributed by atoms with E-state index < -0.39 is 0 Å². The Hall–Kier alpha value is 0.620. The van der Waals surface area contributed by atoms with E-state index in [-0.39, 0.29) is 0 Å². The van der Waals surface area contributed by atoms with E-state index in [2.05, 4.69) is 37.8 Å². The third kappa shape index (κ3) is 7.97. The maximum Gasteiger partial charge on any atom is 0.0593 e. The van der Waals surface area contributed by atoms with Crippen molar-refractivity contribution in [3.63, 3.8) is 0 Å². The molecule has 0 rings (SSSR count). The van der Waals surface area contributed by atoms with Gasteiger partial charge in [-0.25, -0.2) is 0 Å². The van der Waals surface area contributed by atoms with Crippen LogP contribution in [0.25, 0.3) is 0 Å². The molecule has 0 bridgehead atoms. The molecular formula is C10H23NOS2. The van der Waals surface area contributed by atoms with Crippen LogP contribution in [0.15, 0.2) is 0 Å². The maximum absolute atomic E-state index is 5.38. The maximum atomic E-state index is 5.38. The highest BCUT2D eigenvalue weighted by Crippen LogP contribution is 2.05. The van der Waals surface area contributed by atoms with E-state index in [1.807, 2.05) is 11.8 Å². The third-order valence-electron chi connectivity index (χ3n) is 2.32. The highest BCUT2D eigenvalue weighted by molar-refractivity contribution is 7.98. The van der Waals surface area contributed by atoms with Gasteiger partial charge in [0.25, 0.3) is 0 Å². The Kier molecular flexibility index (Phi) is 10.6. The zero-order valence-corrected chi connectivity index (χ0v) is 11.2.